The van der Waals surface area contributed by atoms with Crippen molar-refractivity contribution in [3.63, 3.8) is 0 Å². The zero-order chi connectivity index (χ0) is 19.9. The van der Waals surface area contributed by atoms with Crippen molar-refractivity contribution in [3.8, 4) is 17.2 Å². The molecule has 28 heavy (non-hydrogen) atoms. The van der Waals surface area contributed by atoms with Gasteiger partial charge in [-0.15, -0.1) is 0 Å². The summed E-state index contributed by atoms with van der Waals surface area (Å²) in [4.78, 5) is 20.9. The van der Waals surface area contributed by atoms with Gasteiger partial charge >= 0.3 is 0 Å². The molecule has 2 aromatic carbocycles. The zero-order valence-electron chi connectivity index (χ0n) is 15.7. The molecule has 0 atom stereocenters. The topological polar surface area (TPSA) is 94.6 Å². The van der Waals surface area contributed by atoms with Crippen LogP contribution >= 0.6 is 0 Å². The van der Waals surface area contributed by atoms with Crippen LogP contribution in [-0.2, 0) is 0 Å². The summed E-state index contributed by atoms with van der Waals surface area (Å²) in [6.45, 7) is 0. The summed E-state index contributed by atoms with van der Waals surface area (Å²) in [5, 5.41) is 5.86. The number of amides is 1. The van der Waals surface area contributed by atoms with Gasteiger partial charge in [-0.3, -0.25) is 4.79 Å². The number of hydrogen-bond acceptors (Lipinski definition) is 7. The molecule has 3 rings (SSSR count). The highest BCUT2D eigenvalue weighted by Gasteiger charge is 2.12. The Labute approximate surface area is 162 Å². The normalized spacial score (nSPS) is 10.1. The summed E-state index contributed by atoms with van der Waals surface area (Å²) in [5.41, 5.74) is 1.48. The molecule has 0 aliphatic rings. The first-order valence-electron chi connectivity index (χ1n) is 8.39. The van der Waals surface area contributed by atoms with Crippen LogP contribution in [-0.4, -0.2) is 37.2 Å². The van der Waals surface area contributed by atoms with Crippen LogP contribution in [0.25, 0.3) is 0 Å². The molecular formula is C20H20N4O4. The van der Waals surface area contributed by atoms with Crippen molar-refractivity contribution >= 4 is 23.1 Å². The van der Waals surface area contributed by atoms with Gasteiger partial charge in [-0.1, -0.05) is 6.07 Å². The van der Waals surface area contributed by atoms with Gasteiger partial charge in [0.15, 0.2) is 0 Å². The second-order valence-corrected chi connectivity index (χ2v) is 5.66. The number of carbonyl (C=O) groups excluding carboxylic acids is 1. The Morgan fingerprint density at radius 1 is 0.893 bits per heavy atom. The Morgan fingerprint density at radius 3 is 2.36 bits per heavy atom. The average molecular weight is 380 g/mol. The van der Waals surface area contributed by atoms with E-state index in [2.05, 4.69) is 20.6 Å². The van der Waals surface area contributed by atoms with Crippen molar-refractivity contribution in [1.82, 2.24) is 9.97 Å². The number of methoxy groups -OCH3 is 3. The number of aromatic nitrogens is 2. The third kappa shape index (κ3) is 4.47. The van der Waals surface area contributed by atoms with E-state index in [1.165, 1.54) is 19.5 Å². The Kier molecular flexibility index (Phi) is 5.91. The van der Waals surface area contributed by atoms with Crippen molar-refractivity contribution in [2.75, 3.05) is 32.0 Å². The predicted molar refractivity (Wildman–Crippen MR) is 106 cm³/mol. The minimum absolute atomic E-state index is 0.175. The molecule has 0 saturated carbocycles. The summed E-state index contributed by atoms with van der Waals surface area (Å²) >= 11 is 0. The molecule has 0 saturated heterocycles. The largest absolute Gasteiger partial charge is 0.497 e. The number of benzene rings is 2. The third-order valence-electron chi connectivity index (χ3n) is 3.88. The van der Waals surface area contributed by atoms with Gasteiger partial charge < -0.3 is 24.8 Å². The average Bonchev–Trinajstić information content (AvgIpc) is 2.74. The summed E-state index contributed by atoms with van der Waals surface area (Å²) < 4.78 is 15.6. The van der Waals surface area contributed by atoms with Crippen molar-refractivity contribution < 1.29 is 19.0 Å². The van der Waals surface area contributed by atoms with Gasteiger partial charge in [0.25, 0.3) is 5.91 Å². The Bertz CT molecular complexity index is 961. The fourth-order valence-electron chi connectivity index (χ4n) is 2.45. The smallest absolute Gasteiger partial charge is 0.275 e. The highest BCUT2D eigenvalue weighted by atomic mass is 16.5. The molecule has 0 fully saturated rings. The molecule has 144 valence electrons. The maximum Gasteiger partial charge on any atom is 0.275 e. The molecule has 0 bridgehead atoms. The molecular weight excluding hydrogens is 360 g/mol. The lowest BCUT2D eigenvalue weighted by molar-refractivity contribution is 0.102. The quantitative estimate of drug-likeness (QED) is 0.648. The fraction of sp³-hybridized carbons (Fsp3) is 0.150. The molecule has 0 unspecified atom stereocenters. The number of hydrogen-bond donors (Lipinski definition) is 2. The monoisotopic (exact) mass is 380 g/mol. The second-order valence-electron chi connectivity index (χ2n) is 5.66. The molecule has 1 heterocycles. The van der Waals surface area contributed by atoms with E-state index in [1.54, 1.807) is 32.4 Å². The highest BCUT2D eigenvalue weighted by Crippen LogP contribution is 2.29. The first-order valence-corrected chi connectivity index (χ1v) is 8.39. The van der Waals surface area contributed by atoms with Crippen molar-refractivity contribution in [2.24, 2.45) is 0 Å². The molecule has 1 amide bonds. The number of rotatable bonds is 7. The first kappa shape index (κ1) is 19.0. The summed E-state index contributed by atoms with van der Waals surface area (Å²) in [6, 6.07) is 12.5. The maximum atomic E-state index is 12.5. The van der Waals surface area contributed by atoms with E-state index in [1.807, 2.05) is 24.3 Å². The number of nitrogens with one attached hydrogen (secondary N) is 2. The van der Waals surface area contributed by atoms with Crippen LogP contribution in [0.1, 0.15) is 10.5 Å². The van der Waals surface area contributed by atoms with Gasteiger partial charge in [0.2, 0.25) is 0 Å². The molecule has 1 aromatic heterocycles. The standard InChI is InChI=1S/C20H20N4O4/c1-26-14-6-4-5-13(9-14)23-19-12-21-17(11-22-19)20(25)24-16-8-7-15(27-2)10-18(16)28-3/h4-12H,1-3H3,(H,22,23)(H,24,25). The number of anilines is 3. The highest BCUT2D eigenvalue weighted by molar-refractivity contribution is 6.03. The van der Waals surface area contributed by atoms with E-state index >= 15 is 0 Å². The minimum Gasteiger partial charge on any atom is -0.497 e. The molecule has 0 aliphatic heterocycles. The second kappa shape index (κ2) is 8.72. The van der Waals surface area contributed by atoms with Crippen molar-refractivity contribution in [3.05, 3.63) is 60.6 Å². The predicted octanol–water partition coefficient (Wildman–Crippen LogP) is 3.50. The fourth-order valence-corrected chi connectivity index (χ4v) is 2.45. The van der Waals surface area contributed by atoms with E-state index in [0.29, 0.717) is 23.0 Å². The molecule has 3 aromatic rings. The minimum atomic E-state index is -0.399. The van der Waals surface area contributed by atoms with E-state index in [4.69, 9.17) is 14.2 Å². The molecule has 2 N–H and O–H groups in total. The molecule has 0 aliphatic carbocycles. The lowest BCUT2D eigenvalue weighted by atomic mass is 10.2. The van der Waals surface area contributed by atoms with Crippen LogP contribution in [0.2, 0.25) is 0 Å². The van der Waals surface area contributed by atoms with Crippen LogP contribution < -0.4 is 24.8 Å². The Morgan fingerprint density at radius 2 is 1.68 bits per heavy atom. The van der Waals surface area contributed by atoms with Crippen molar-refractivity contribution in [1.29, 1.82) is 0 Å². The lowest BCUT2D eigenvalue weighted by Crippen LogP contribution is -2.15. The van der Waals surface area contributed by atoms with Gasteiger partial charge in [0.05, 0.1) is 39.4 Å². The summed E-state index contributed by atoms with van der Waals surface area (Å²) in [7, 11) is 4.68. The molecule has 0 radical (unpaired) electrons. The van der Waals surface area contributed by atoms with Gasteiger partial charge in [0.1, 0.15) is 28.8 Å². The Hall–Kier alpha value is -3.81. The molecule has 8 heteroatoms. The molecule has 0 spiro atoms. The summed E-state index contributed by atoms with van der Waals surface area (Å²) in [6.07, 6.45) is 2.88. The molecule has 8 nitrogen and oxygen atoms in total. The number of carbonyl (C=O) groups is 1. The van der Waals surface area contributed by atoms with Crippen LogP contribution in [0.3, 0.4) is 0 Å². The van der Waals surface area contributed by atoms with Crippen molar-refractivity contribution in [2.45, 2.75) is 0 Å². The number of ether oxygens (including phenoxy) is 3. The maximum absolute atomic E-state index is 12.5. The van der Waals surface area contributed by atoms with Gasteiger partial charge in [0, 0.05) is 17.8 Å². The van der Waals surface area contributed by atoms with Crippen LogP contribution in [0.5, 0.6) is 17.2 Å². The third-order valence-corrected chi connectivity index (χ3v) is 3.88. The Balaban J connectivity index is 1.70. The van der Waals surface area contributed by atoms with Crippen LogP contribution in [0.4, 0.5) is 17.2 Å². The zero-order valence-corrected chi connectivity index (χ0v) is 15.7. The van der Waals surface area contributed by atoms with E-state index in [9.17, 15) is 4.79 Å². The van der Waals surface area contributed by atoms with Gasteiger partial charge in [-0.05, 0) is 24.3 Å². The lowest BCUT2D eigenvalue weighted by Gasteiger charge is -2.11. The number of nitrogens with zero attached hydrogens (tertiary/aromatic N) is 2. The van der Waals surface area contributed by atoms with Crippen LogP contribution in [0, 0.1) is 0 Å². The van der Waals surface area contributed by atoms with E-state index in [0.717, 1.165) is 11.4 Å². The van der Waals surface area contributed by atoms with Gasteiger partial charge in [-0.25, -0.2) is 9.97 Å². The summed E-state index contributed by atoms with van der Waals surface area (Å²) in [5.74, 6) is 1.94. The first-order chi connectivity index (χ1) is 13.6. The van der Waals surface area contributed by atoms with E-state index < -0.39 is 5.91 Å². The van der Waals surface area contributed by atoms with Gasteiger partial charge in [-0.2, -0.15) is 0 Å². The van der Waals surface area contributed by atoms with E-state index in [-0.39, 0.29) is 5.69 Å². The SMILES string of the molecule is COc1cccc(Nc2cnc(C(=O)Nc3ccc(OC)cc3OC)cn2)c1. The van der Waals surface area contributed by atoms with Crippen LogP contribution in [0.15, 0.2) is 54.9 Å².